The molecule has 0 saturated carbocycles. The van der Waals surface area contributed by atoms with Gasteiger partial charge in [0.15, 0.2) is 18.3 Å². The van der Waals surface area contributed by atoms with Crippen molar-refractivity contribution in [3.05, 3.63) is 30.0 Å². The Morgan fingerprint density at radius 3 is 2.16 bits per heavy atom. The summed E-state index contributed by atoms with van der Waals surface area (Å²) in [6.07, 6.45) is -5.02. The number of benzene rings is 1. The van der Waals surface area contributed by atoms with Crippen molar-refractivity contribution in [2.75, 3.05) is 13.7 Å². The van der Waals surface area contributed by atoms with Gasteiger partial charge in [-0.2, -0.15) is 0 Å². The average Bonchev–Trinajstić information content (AvgIpc) is 3.23. The number of rotatable bonds is 9. The molecule has 1 amide bonds. The van der Waals surface area contributed by atoms with Gasteiger partial charge in [-0.3, -0.25) is 19.2 Å². The minimum absolute atomic E-state index is 0.144. The molecule has 0 aliphatic carbocycles. The molecule has 13 heteroatoms. The van der Waals surface area contributed by atoms with E-state index in [4.69, 9.17) is 28.4 Å². The predicted molar refractivity (Wildman–Crippen MR) is 129 cm³/mol. The second-order valence-electron chi connectivity index (χ2n) is 8.54. The summed E-state index contributed by atoms with van der Waals surface area (Å²) in [5, 5.41) is 3.54. The number of methoxy groups -OCH3 is 1. The zero-order valence-electron chi connectivity index (χ0n) is 21.6. The number of fused-ring (bicyclic) bond motifs is 1. The van der Waals surface area contributed by atoms with Gasteiger partial charge in [0, 0.05) is 51.3 Å². The highest BCUT2D eigenvalue weighted by Crippen LogP contribution is 2.32. The van der Waals surface area contributed by atoms with Crippen molar-refractivity contribution in [1.82, 2.24) is 10.3 Å². The van der Waals surface area contributed by atoms with Crippen molar-refractivity contribution in [3.8, 4) is 5.75 Å². The van der Waals surface area contributed by atoms with E-state index in [0.717, 1.165) is 44.3 Å². The van der Waals surface area contributed by atoms with E-state index < -0.39 is 54.6 Å². The van der Waals surface area contributed by atoms with Crippen LogP contribution in [0.2, 0.25) is 0 Å². The molecule has 1 fully saturated rings. The summed E-state index contributed by atoms with van der Waals surface area (Å²) >= 11 is 0. The molecule has 38 heavy (non-hydrogen) atoms. The third-order valence-electron chi connectivity index (χ3n) is 5.59. The molecule has 2 heterocycles. The minimum atomic E-state index is -1.56. The first-order chi connectivity index (χ1) is 18.0. The molecular formula is C25H30N2O11. The molecular weight excluding hydrogens is 504 g/mol. The third kappa shape index (κ3) is 7.00. The van der Waals surface area contributed by atoms with Crippen LogP contribution in [0.1, 0.15) is 33.3 Å². The Morgan fingerprint density at radius 1 is 0.921 bits per heavy atom. The molecule has 2 aromatic rings. The zero-order chi connectivity index (χ0) is 28.0. The fraction of sp³-hybridized carbons (Fsp3) is 0.480. The highest BCUT2D eigenvalue weighted by molar-refractivity contribution is 5.85. The van der Waals surface area contributed by atoms with Gasteiger partial charge in [-0.05, 0) is 30.2 Å². The van der Waals surface area contributed by atoms with Gasteiger partial charge in [0.2, 0.25) is 18.3 Å². The summed E-state index contributed by atoms with van der Waals surface area (Å²) in [4.78, 5) is 62.6. The van der Waals surface area contributed by atoms with Crippen LogP contribution in [-0.2, 0) is 54.1 Å². The van der Waals surface area contributed by atoms with Crippen LogP contribution in [0, 0.1) is 0 Å². The molecule has 0 spiro atoms. The van der Waals surface area contributed by atoms with Crippen LogP contribution < -0.4 is 10.1 Å². The zero-order valence-corrected chi connectivity index (χ0v) is 21.6. The minimum Gasteiger partial charge on any atom is -0.467 e. The largest absolute Gasteiger partial charge is 0.467 e. The summed E-state index contributed by atoms with van der Waals surface area (Å²) in [6, 6.07) is 5.07. The van der Waals surface area contributed by atoms with E-state index in [1.54, 1.807) is 18.2 Å². The van der Waals surface area contributed by atoms with E-state index in [1.165, 1.54) is 6.92 Å². The summed E-state index contributed by atoms with van der Waals surface area (Å²) in [6.45, 7) is 5.19. The molecule has 3 rings (SSSR count). The molecule has 0 radical (unpaired) electrons. The highest BCUT2D eigenvalue weighted by Gasteiger charge is 2.55. The molecule has 2 N–H and O–H groups in total. The van der Waals surface area contributed by atoms with E-state index >= 15 is 0 Å². The predicted octanol–water partition coefficient (Wildman–Crippen LogP) is 0.918. The first kappa shape index (κ1) is 28.4. The fourth-order valence-corrected chi connectivity index (χ4v) is 4.12. The second-order valence-corrected chi connectivity index (χ2v) is 8.54. The number of carbonyl (C=O) groups is 5. The second kappa shape index (κ2) is 12.4. The number of aromatic nitrogens is 1. The third-order valence-corrected chi connectivity index (χ3v) is 5.59. The lowest BCUT2D eigenvalue weighted by Gasteiger charge is -2.43. The number of H-pyrrole nitrogens is 1. The number of carbonyl (C=O) groups excluding carboxylic acids is 5. The Kier molecular flexibility index (Phi) is 9.29. The molecule has 0 bridgehead atoms. The number of aromatic amines is 1. The van der Waals surface area contributed by atoms with E-state index in [1.807, 2.05) is 6.20 Å². The van der Waals surface area contributed by atoms with Crippen LogP contribution in [0.25, 0.3) is 10.9 Å². The number of hydrogen-bond donors (Lipinski definition) is 2. The maximum absolute atomic E-state index is 12.6. The average molecular weight is 535 g/mol. The van der Waals surface area contributed by atoms with Gasteiger partial charge in [0.1, 0.15) is 5.75 Å². The van der Waals surface area contributed by atoms with E-state index in [0.29, 0.717) is 13.0 Å². The molecule has 206 valence electrons. The van der Waals surface area contributed by atoms with Crippen LogP contribution in [0.3, 0.4) is 0 Å². The fourth-order valence-electron chi connectivity index (χ4n) is 4.12. The van der Waals surface area contributed by atoms with Crippen molar-refractivity contribution < 1.29 is 52.4 Å². The number of nitrogens with one attached hydrogen (secondary N) is 2. The normalized spacial score (nSPS) is 22.7. The molecule has 13 nitrogen and oxygen atoms in total. The standard InChI is InChI=1S/C25H30N2O11/c1-12(28)26-9-8-16-11-27-19-7-6-17(10-18(16)19)37-25-23(36-15(4)31)21(35-14(3)30)20(34-13(2)29)22(38-25)24(32)33-5/h6-7,10-11,20-23,25,27H,8-9H2,1-5H3,(H,26,28). The SMILES string of the molecule is COC(=O)C1OC(Oc2ccc3[nH]cc(CCNC(C)=O)c3c2)C(OC(C)=O)C(OC(C)=O)C1OC(C)=O. The number of ether oxygens (including phenoxy) is 6. The van der Waals surface area contributed by atoms with Gasteiger partial charge >= 0.3 is 23.9 Å². The molecule has 5 unspecified atom stereocenters. The summed E-state index contributed by atoms with van der Waals surface area (Å²) < 4.78 is 32.6. The molecule has 1 saturated heterocycles. The van der Waals surface area contributed by atoms with Crippen LogP contribution in [0.5, 0.6) is 5.75 Å². The van der Waals surface area contributed by atoms with Crippen LogP contribution in [0.15, 0.2) is 24.4 Å². The van der Waals surface area contributed by atoms with E-state index in [9.17, 15) is 24.0 Å². The summed E-state index contributed by atoms with van der Waals surface area (Å²) in [7, 11) is 1.10. The van der Waals surface area contributed by atoms with Gasteiger partial charge in [-0.1, -0.05) is 0 Å². The Labute approximate surface area is 218 Å². The lowest BCUT2D eigenvalue weighted by Crippen LogP contribution is -2.64. The molecule has 1 aliphatic heterocycles. The van der Waals surface area contributed by atoms with Crippen molar-refractivity contribution in [3.63, 3.8) is 0 Å². The lowest BCUT2D eigenvalue weighted by atomic mass is 9.97. The highest BCUT2D eigenvalue weighted by atomic mass is 16.7. The maximum Gasteiger partial charge on any atom is 0.339 e. The first-order valence-corrected chi connectivity index (χ1v) is 11.8. The Hall–Kier alpha value is -4.13. The Balaban J connectivity index is 1.97. The molecule has 5 atom stereocenters. The first-order valence-electron chi connectivity index (χ1n) is 11.8. The van der Waals surface area contributed by atoms with E-state index in [-0.39, 0.29) is 11.7 Å². The van der Waals surface area contributed by atoms with Gasteiger partial charge < -0.3 is 38.7 Å². The van der Waals surface area contributed by atoms with Gasteiger partial charge in [-0.15, -0.1) is 0 Å². The van der Waals surface area contributed by atoms with E-state index in [2.05, 4.69) is 10.3 Å². The lowest BCUT2D eigenvalue weighted by molar-refractivity contribution is -0.282. The van der Waals surface area contributed by atoms with Crippen LogP contribution in [0.4, 0.5) is 0 Å². The van der Waals surface area contributed by atoms with Gasteiger partial charge in [0.25, 0.3) is 0 Å². The molecule has 1 aromatic heterocycles. The Bertz CT molecular complexity index is 1210. The summed E-state index contributed by atoms with van der Waals surface area (Å²) in [5.41, 5.74) is 1.71. The molecule has 1 aliphatic rings. The van der Waals surface area contributed by atoms with Crippen molar-refractivity contribution in [2.45, 2.75) is 64.8 Å². The Morgan fingerprint density at radius 2 is 1.55 bits per heavy atom. The molecule has 1 aromatic carbocycles. The maximum atomic E-state index is 12.6. The number of esters is 4. The van der Waals surface area contributed by atoms with Crippen molar-refractivity contribution in [2.24, 2.45) is 0 Å². The van der Waals surface area contributed by atoms with Crippen LogP contribution >= 0.6 is 0 Å². The topological polar surface area (TPSA) is 169 Å². The quantitative estimate of drug-likeness (QED) is 0.346. The van der Waals surface area contributed by atoms with Crippen molar-refractivity contribution >= 4 is 40.7 Å². The number of amides is 1. The van der Waals surface area contributed by atoms with Crippen molar-refractivity contribution in [1.29, 1.82) is 0 Å². The smallest absolute Gasteiger partial charge is 0.339 e. The summed E-state index contributed by atoms with van der Waals surface area (Å²) in [5.74, 6) is -3.14. The number of hydrogen-bond acceptors (Lipinski definition) is 11. The van der Waals surface area contributed by atoms with Crippen LogP contribution in [-0.4, -0.2) is 79.1 Å². The van der Waals surface area contributed by atoms with Gasteiger partial charge in [-0.25, -0.2) is 4.79 Å². The monoisotopic (exact) mass is 534 g/mol. The van der Waals surface area contributed by atoms with Gasteiger partial charge in [0.05, 0.1) is 7.11 Å².